The number of aliphatic hydroxyl groups is 1. The minimum Gasteiger partial charge on any atom is -0.463 e. The van der Waals surface area contributed by atoms with Crippen molar-refractivity contribution in [1.82, 2.24) is 0 Å². The summed E-state index contributed by atoms with van der Waals surface area (Å²) in [5.74, 6) is 0.844. The Bertz CT molecular complexity index is 167. The lowest BCUT2D eigenvalue weighted by Crippen LogP contribution is -1.73. The largest absolute Gasteiger partial charge is 0.463 e. The van der Waals surface area contributed by atoms with E-state index in [4.69, 9.17) is 16.4 Å². The molecule has 1 aromatic rings. The molecule has 8 heavy (non-hydrogen) atoms. The van der Waals surface area contributed by atoms with Crippen molar-refractivity contribution in [3.63, 3.8) is 0 Å². The fourth-order valence-corrected chi connectivity index (χ4v) is 0.479. The highest BCUT2D eigenvalue weighted by molar-refractivity contribution is 5.07. The minimum atomic E-state index is -0.0861. The van der Waals surface area contributed by atoms with Crippen LogP contribution >= 0.6 is 0 Å². The van der Waals surface area contributed by atoms with Crippen LogP contribution in [-0.4, -0.2) is 5.11 Å². The van der Waals surface area contributed by atoms with E-state index in [2.05, 4.69) is 0 Å². The predicted molar refractivity (Wildman–Crippen MR) is 28.0 cm³/mol. The van der Waals surface area contributed by atoms with Gasteiger partial charge in [0, 0.05) is 6.92 Å². The molecule has 1 rings (SSSR count). The molecule has 0 aromatic carbocycles. The second-order valence-electron chi connectivity index (χ2n) is 1.46. The van der Waals surface area contributed by atoms with Gasteiger partial charge in [-0.2, -0.15) is 0 Å². The van der Waals surface area contributed by atoms with Crippen LogP contribution in [0.25, 0.3) is 0 Å². The van der Waals surface area contributed by atoms with Crippen molar-refractivity contribution in [3.05, 3.63) is 30.6 Å². The molecule has 1 N–H and O–H groups in total. The fourth-order valence-electron chi connectivity index (χ4n) is 0.479. The number of aliphatic hydroxyl groups excluding tert-OH is 1. The second kappa shape index (κ2) is 2.01. The molecule has 0 amide bonds. The fraction of sp³-hybridized carbons (Fsp3) is 0.167. The van der Waals surface area contributed by atoms with Gasteiger partial charge in [0.2, 0.25) is 0 Å². The SMILES string of the molecule is [CH]c1ccc(CO)o1. The lowest BCUT2D eigenvalue weighted by molar-refractivity contribution is 0.246. The zero-order chi connectivity index (χ0) is 5.98. The summed E-state index contributed by atoms with van der Waals surface area (Å²) in [6.45, 7) is 5.09. The first-order chi connectivity index (χ1) is 3.83. The van der Waals surface area contributed by atoms with Gasteiger partial charge in [0.15, 0.2) is 0 Å². The van der Waals surface area contributed by atoms with Crippen molar-refractivity contribution >= 4 is 0 Å². The molecule has 0 aliphatic carbocycles. The third-order valence-corrected chi connectivity index (χ3v) is 0.838. The van der Waals surface area contributed by atoms with Gasteiger partial charge in [-0.3, -0.25) is 0 Å². The molecule has 0 saturated heterocycles. The van der Waals surface area contributed by atoms with Gasteiger partial charge in [-0.05, 0) is 12.1 Å². The van der Waals surface area contributed by atoms with E-state index in [-0.39, 0.29) is 6.61 Å². The summed E-state index contributed by atoms with van der Waals surface area (Å²) in [6.07, 6.45) is 0. The topological polar surface area (TPSA) is 33.4 Å². The number of hydrogen-bond acceptors (Lipinski definition) is 2. The highest BCUT2D eigenvalue weighted by Gasteiger charge is 1.92. The molecule has 0 unspecified atom stereocenters. The molecule has 2 radical (unpaired) electrons. The number of hydrogen-bond donors (Lipinski definition) is 1. The maximum Gasteiger partial charge on any atom is 0.129 e. The first kappa shape index (κ1) is 5.38. The monoisotopic (exact) mass is 110 g/mol. The third-order valence-electron chi connectivity index (χ3n) is 0.838. The second-order valence-corrected chi connectivity index (χ2v) is 1.46. The van der Waals surface area contributed by atoms with Crippen LogP contribution in [0.4, 0.5) is 0 Å². The summed E-state index contributed by atoms with van der Waals surface area (Å²) in [5.41, 5.74) is 0. The van der Waals surface area contributed by atoms with Gasteiger partial charge in [0.1, 0.15) is 18.1 Å². The molecule has 0 aliphatic rings. The van der Waals surface area contributed by atoms with E-state index in [0.717, 1.165) is 0 Å². The Morgan fingerprint density at radius 3 is 2.62 bits per heavy atom. The van der Waals surface area contributed by atoms with Crippen molar-refractivity contribution in [3.8, 4) is 0 Å². The third kappa shape index (κ3) is 0.898. The van der Waals surface area contributed by atoms with Crippen LogP contribution in [0.2, 0.25) is 0 Å². The Hall–Kier alpha value is -0.760. The maximum atomic E-state index is 8.40. The molecule has 42 valence electrons. The van der Waals surface area contributed by atoms with Gasteiger partial charge >= 0.3 is 0 Å². The molecular formula is C6H6O2. The zero-order valence-corrected chi connectivity index (χ0v) is 4.29. The van der Waals surface area contributed by atoms with E-state index in [1.54, 1.807) is 12.1 Å². The normalized spacial score (nSPS) is 9.75. The summed E-state index contributed by atoms with van der Waals surface area (Å²) < 4.78 is 4.76. The average Bonchev–Trinajstić information content (AvgIpc) is 2.14. The smallest absolute Gasteiger partial charge is 0.129 e. The van der Waals surface area contributed by atoms with E-state index >= 15 is 0 Å². The average molecular weight is 110 g/mol. The van der Waals surface area contributed by atoms with E-state index in [9.17, 15) is 0 Å². The van der Waals surface area contributed by atoms with E-state index in [1.165, 1.54) is 0 Å². The summed E-state index contributed by atoms with van der Waals surface area (Å²) in [4.78, 5) is 0. The van der Waals surface area contributed by atoms with Crippen molar-refractivity contribution < 1.29 is 9.52 Å². The molecule has 0 aliphatic heterocycles. The lowest BCUT2D eigenvalue weighted by atomic mass is 10.4. The molecule has 0 fully saturated rings. The van der Waals surface area contributed by atoms with Crippen molar-refractivity contribution in [2.45, 2.75) is 6.61 Å². The molecule has 2 nitrogen and oxygen atoms in total. The number of rotatable bonds is 1. The Balaban J connectivity index is 2.84. The highest BCUT2D eigenvalue weighted by Crippen LogP contribution is 2.04. The standard InChI is InChI=1S/C6H6O2/c1-5-2-3-6(4-7)8-5/h1-3,7H,4H2. The lowest BCUT2D eigenvalue weighted by Gasteiger charge is -1.82. The molecule has 1 heterocycles. The van der Waals surface area contributed by atoms with Crippen LogP contribution in [0.1, 0.15) is 11.5 Å². The predicted octanol–water partition coefficient (Wildman–Crippen LogP) is 0.831. The Morgan fingerprint density at radius 1 is 1.62 bits per heavy atom. The van der Waals surface area contributed by atoms with Gasteiger partial charge in [0.25, 0.3) is 0 Å². The van der Waals surface area contributed by atoms with Gasteiger partial charge in [0.05, 0.1) is 0 Å². The maximum absolute atomic E-state index is 8.40. The minimum absolute atomic E-state index is 0.0861. The van der Waals surface area contributed by atoms with Gasteiger partial charge < -0.3 is 9.52 Å². The first-order valence-electron chi connectivity index (χ1n) is 2.28. The first-order valence-corrected chi connectivity index (χ1v) is 2.28. The van der Waals surface area contributed by atoms with Gasteiger partial charge in [-0.25, -0.2) is 0 Å². The Labute approximate surface area is 47.7 Å². The highest BCUT2D eigenvalue weighted by atomic mass is 16.4. The summed E-state index contributed by atoms with van der Waals surface area (Å²) >= 11 is 0. The summed E-state index contributed by atoms with van der Waals surface area (Å²) in [5, 5.41) is 8.40. The van der Waals surface area contributed by atoms with Crippen LogP contribution in [0.3, 0.4) is 0 Å². The Morgan fingerprint density at radius 2 is 2.38 bits per heavy atom. The molecule has 0 atom stereocenters. The van der Waals surface area contributed by atoms with Gasteiger partial charge in [-0.15, -0.1) is 0 Å². The molecule has 1 aromatic heterocycles. The zero-order valence-electron chi connectivity index (χ0n) is 4.29. The van der Waals surface area contributed by atoms with Crippen LogP contribution in [-0.2, 0) is 6.61 Å². The van der Waals surface area contributed by atoms with Crippen LogP contribution in [0, 0.1) is 6.92 Å². The molecule has 2 heteroatoms. The molecular weight excluding hydrogens is 104 g/mol. The van der Waals surface area contributed by atoms with Crippen LogP contribution in [0.15, 0.2) is 16.5 Å². The van der Waals surface area contributed by atoms with Crippen molar-refractivity contribution in [2.24, 2.45) is 0 Å². The van der Waals surface area contributed by atoms with E-state index in [0.29, 0.717) is 11.5 Å². The summed E-state index contributed by atoms with van der Waals surface area (Å²) in [6, 6.07) is 3.24. The van der Waals surface area contributed by atoms with Crippen LogP contribution in [0.5, 0.6) is 0 Å². The van der Waals surface area contributed by atoms with E-state index < -0.39 is 0 Å². The van der Waals surface area contributed by atoms with Gasteiger partial charge in [-0.1, -0.05) is 0 Å². The van der Waals surface area contributed by atoms with E-state index in [1.807, 2.05) is 0 Å². The number of furan rings is 1. The van der Waals surface area contributed by atoms with Crippen molar-refractivity contribution in [1.29, 1.82) is 0 Å². The van der Waals surface area contributed by atoms with Crippen LogP contribution < -0.4 is 0 Å². The molecule has 0 saturated carbocycles. The van der Waals surface area contributed by atoms with Crippen molar-refractivity contribution in [2.75, 3.05) is 0 Å². The summed E-state index contributed by atoms with van der Waals surface area (Å²) in [7, 11) is 0. The Kier molecular flexibility index (Phi) is 1.35. The molecule has 0 bridgehead atoms. The quantitative estimate of drug-likeness (QED) is 0.580. The molecule has 0 spiro atoms.